The number of hydrogen-bond acceptors (Lipinski definition) is 3. The molecule has 1 saturated heterocycles. The maximum absolute atomic E-state index is 11.4. The average Bonchev–Trinajstić information content (AvgIpc) is 2.06. The molecule has 3 nitrogen and oxygen atoms in total. The highest BCUT2D eigenvalue weighted by Crippen LogP contribution is 2.34. The SMILES string of the molecule is CCC1(CC)CSC(=O)NC1=O. The van der Waals surface area contributed by atoms with Crippen LogP contribution in [-0.4, -0.2) is 16.9 Å². The van der Waals surface area contributed by atoms with Gasteiger partial charge >= 0.3 is 0 Å². The minimum absolute atomic E-state index is 0.101. The van der Waals surface area contributed by atoms with E-state index in [-0.39, 0.29) is 16.6 Å². The summed E-state index contributed by atoms with van der Waals surface area (Å²) in [6.45, 7) is 3.97. The molecular weight excluding hydrogens is 174 g/mol. The van der Waals surface area contributed by atoms with Crippen molar-refractivity contribution in [3.63, 3.8) is 0 Å². The fourth-order valence-electron chi connectivity index (χ4n) is 1.31. The zero-order chi connectivity index (χ0) is 9.19. The molecule has 0 spiro atoms. The van der Waals surface area contributed by atoms with E-state index in [1.54, 1.807) is 0 Å². The van der Waals surface area contributed by atoms with Crippen LogP contribution >= 0.6 is 11.8 Å². The highest BCUT2D eigenvalue weighted by atomic mass is 32.2. The molecule has 1 aliphatic heterocycles. The first-order chi connectivity index (χ1) is 5.64. The summed E-state index contributed by atoms with van der Waals surface area (Å²) in [4.78, 5) is 22.3. The lowest BCUT2D eigenvalue weighted by Crippen LogP contribution is -2.48. The Hall–Kier alpha value is -0.510. The van der Waals surface area contributed by atoms with Gasteiger partial charge in [-0.25, -0.2) is 0 Å². The van der Waals surface area contributed by atoms with E-state index in [0.29, 0.717) is 5.75 Å². The van der Waals surface area contributed by atoms with Crippen LogP contribution in [0.2, 0.25) is 0 Å². The summed E-state index contributed by atoms with van der Waals surface area (Å²) in [7, 11) is 0. The van der Waals surface area contributed by atoms with Crippen molar-refractivity contribution in [1.82, 2.24) is 5.32 Å². The smallest absolute Gasteiger partial charge is 0.285 e. The molecule has 0 aliphatic carbocycles. The van der Waals surface area contributed by atoms with Gasteiger partial charge in [-0.3, -0.25) is 14.9 Å². The zero-order valence-corrected chi connectivity index (χ0v) is 8.16. The molecule has 1 heterocycles. The number of thioether (sulfide) groups is 1. The highest BCUT2D eigenvalue weighted by Gasteiger charge is 2.39. The van der Waals surface area contributed by atoms with Gasteiger partial charge in [-0.2, -0.15) is 0 Å². The molecule has 0 unspecified atom stereocenters. The van der Waals surface area contributed by atoms with Crippen LogP contribution in [0.15, 0.2) is 0 Å². The van der Waals surface area contributed by atoms with E-state index in [1.165, 1.54) is 11.8 Å². The second kappa shape index (κ2) is 3.47. The molecule has 1 rings (SSSR count). The van der Waals surface area contributed by atoms with Crippen molar-refractivity contribution in [3.8, 4) is 0 Å². The van der Waals surface area contributed by atoms with Crippen LogP contribution < -0.4 is 5.32 Å². The van der Waals surface area contributed by atoms with Crippen LogP contribution in [0.25, 0.3) is 0 Å². The molecule has 4 heteroatoms. The molecule has 0 aromatic rings. The van der Waals surface area contributed by atoms with Crippen LogP contribution in [0.4, 0.5) is 4.79 Å². The first-order valence-electron chi connectivity index (χ1n) is 4.13. The third kappa shape index (κ3) is 1.48. The summed E-state index contributed by atoms with van der Waals surface area (Å²) in [6.07, 6.45) is 1.60. The normalized spacial score (nSPS) is 22.2. The Morgan fingerprint density at radius 3 is 2.42 bits per heavy atom. The summed E-state index contributed by atoms with van der Waals surface area (Å²) in [5.41, 5.74) is -0.307. The number of imide groups is 1. The van der Waals surface area contributed by atoms with Crippen LogP contribution in [0.3, 0.4) is 0 Å². The Labute approximate surface area is 76.3 Å². The molecule has 0 bridgehead atoms. The predicted molar refractivity (Wildman–Crippen MR) is 49.0 cm³/mol. The van der Waals surface area contributed by atoms with Crippen LogP contribution in [-0.2, 0) is 4.79 Å². The number of amides is 2. The molecule has 0 atom stereocenters. The molecule has 1 fully saturated rings. The molecule has 1 aliphatic rings. The van der Waals surface area contributed by atoms with E-state index in [1.807, 2.05) is 13.8 Å². The Morgan fingerprint density at radius 2 is 2.00 bits per heavy atom. The van der Waals surface area contributed by atoms with Crippen LogP contribution in [0.1, 0.15) is 26.7 Å². The first-order valence-corrected chi connectivity index (χ1v) is 5.11. The number of hydrogen-bond donors (Lipinski definition) is 1. The number of rotatable bonds is 2. The van der Waals surface area contributed by atoms with E-state index < -0.39 is 0 Å². The van der Waals surface area contributed by atoms with Gasteiger partial charge in [-0.15, -0.1) is 0 Å². The molecule has 68 valence electrons. The number of nitrogens with one attached hydrogen (secondary N) is 1. The summed E-state index contributed by atoms with van der Waals surface area (Å²) in [6, 6.07) is 0. The quantitative estimate of drug-likeness (QED) is 0.716. The topological polar surface area (TPSA) is 46.2 Å². The molecule has 2 amide bonds. The lowest BCUT2D eigenvalue weighted by molar-refractivity contribution is -0.129. The monoisotopic (exact) mass is 187 g/mol. The van der Waals surface area contributed by atoms with E-state index in [0.717, 1.165) is 12.8 Å². The van der Waals surface area contributed by atoms with Crippen molar-refractivity contribution in [2.45, 2.75) is 26.7 Å². The maximum atomic E-state index is 11.4. The molecule has 0 saturated carbocycles. The minimum atomic E-state index is -0.307. The van der Waals surface area contributed by atoms with Crippen LogP contribution in [0.5, 0.6) is 0 Å². The zero-order valence-electron chi connectivity index (χ0n) is 7.35. The Balaban J connectivity index is 2.77. The predicted octanol–water partition coefficient (Wildman–Crippen LogP) is 1.78. The third-order valence-electron chi connectivity index (χ3n) is 2.53. The van der Waals surface area contributed by atoms with Crippen LogP contribution in [0, 0.1) is 5.41 Å². The van der Waals surface area contributed by atoms with Crippen molar-refractivity contribution >= 4 is 22.9 Å². The van der Waals surface area contributed by atoms with Gasteiger partial charge in [-0.05, 0) is 12.8 Å². The first kappa shape index (κ1) is 9.58. The second-order valence-corrected chi connectivity index (χ2v) is 3.97. The summed E-state index contributed by atoms with van der Waals surface area (Å²) in [5.74, 6) is 0.529. The molecule has 0 aromatic heterocycles. The highest BCUT2D eigenvalue weighted by molar-refractivity contribution is 8.13. The summed E-state index contributed by atoms with van der Waals surface area (Å²) in [5, 5.41) is 2.15. The minimum Gasteiger partial charge on any atom is -0.287 e. The summed E-state index contributed by atoms with van der Waals surface area (Å²) >= 11 is 1.21. The van der Waals surface area contributed by atoms with Gasteiger partial charge in [-0.1, -0.05) is 25.6 Å². The largest absolute Gasteiger partial charge is 0.287 e. The van der Waals surface area contributed by atoms with Gasteiger partial charge in [0.25, 0.3) is 5.24 Å². The fraction of sp³-hybridized carbons (Fsp3) is 0.750. The van der Waals surface area contributed by atoms with E-state index in [4.69, 9.17) is 0 Å². The Kier molecular flexibility index (Phi) is 2.77. The van der Waals surface area contributed by atoms with Gasteiger partial charge in [0.1, 0.15) is 0 Å². The molecule has 0 radical (unpaired) electrons. The van der Waals surface area contributed by atoms with Crippen molar-refractivity contribution in [1.29, 1.82) is 0 Å². The standard InChI is InChI=1S/C8H13NO2S/c1-3-8(4-2)5-12-7(11)9-6(8)10/h3-5H2,1-2H3,(H,9,10,11). The lowest BCUT2D eigenvalue weighted by Gasteiger charge is -2.32. The molecular formula is C8H13NO2S. The Bertz CT molecular complexity index is 211. The van der Waals surface area contributed by atoms with E-state index in [9.17, 15) is 9.59 Å². The van der Waals surface area contributed by atoms with Gasteiger partial charge in [0.05, 0.1) is 5.41 Å². The van der Waals surface area contributed by atoms with E-state index in [2.05, 4.69) is 5.32 Å². The molecule has 0 aromatic carbocycles. The average molecular weight is 187 g/mol. The van der Waals surface area contributed by atoms with E-state index >= 15 is 0 Å². The van der Waals surface area contributed by atoms with Gasteiger partial charge in [0.2, 0.25) is 5.91 Å². The van der Waals surface area contributed by atoms with Gasteiger partial charge < -0.3 is 0 Å². The van der Waals surface area contributed by atoms with Gasteiger partial charge in [0.15, 0.2) is 0 Å². The number of carbonyl (C=O) groups excluding carboxylic acids is 2. The fourth-order valence-corrected chi connectivity index (χ4v) is 2.42. The molecule has 12 heavy (non-hydrogen) atoms. The van der Waals surface area contributed by atoms with Crippen molar-refractivity contribution in [3.05, 3.63) is 0 Å². The lowest BCUT2D eigenvalue weighted by atomic mass is 9.83. The third-order valence-corrected chi connectivity index (χ3v) is 3.59. The van der Waals surface area contributed by atoms with Crippen molar-refractivity contribution in [2.75, 3.05) is 5.75 Å². The van der Waals surface area contributed by atoms with Crippen molar-refractivity contribution in [2.24, 2.45) is 5.41 Å². The Morgan fingerprint density at radius 1 is 1.42 bits per heavy atom. The second-order valence-electron chi connectivity index (χ2n) is 3.02. The molecule has 1 N–H and O–H groups in total. The van der Waals surface area contributed by atoms with Crippen molar-refractivity contribution < 1.29 is 9.59 Å². The maximum Gasteiger partial charge on any atom is 0.285 e. The van der Waals surface area contributed by atoms with Gasteiger partial charge in [0, 0.05) is 5.75 Å². The number of carbonyl (C=O) groups is 2. The summed E-state index contributed by atoms with van der Waals surface area (Å²) < 4.78 is 0.